The first-order valence-electron chi connectivity index (χ1n) is 5.24. The summed E-state index contributed by atoms with van der Waals surface area (Å²) in [4.78, 5) is 18.8. The van der Waals surface area contributed by atoms with Crippen molar-refractivity contribution in [1.29, 1.82) is 0 Å². The first-order valence-corrected chi connectivity index (χ1v) is 6.04. The van der Waals surface area contributed by atoms with Crippen molar-refractivity contribution in [3.63, 3.8) is 0 Å². The van der Waals surface area contributed by atoms with Gasteiger partial charge in [0, 0.05) is 36.9 Å². The lowest BCUT2D eigenvalue weighted by Crippen LogP contribution is -2.27. The number of carbonyl (C=O) groups is 1. The summed E-state index contributed by atoms with van der Waals surface area (Å²) in [5, 5.41) is 2.86. The molecule has 0 spiro atoms. The number of imidazole rings is 1. The Morgan fingerprint density at radius 3 is 2.94 bits per heavy atom. The number of hydrogen-bond acceptors (Lipinski definition) is 2. The molecule has 0 bridgehead atoms. The van der Waals surface area contributed by atoms with Crippen LogP contribution in [-0.4, -0.2) is 27.0 Å². The van der Waals surface area contributed by atoms with Gasteiger partial charge in [0.25, 0.3) is 5.91 Å². The lowest BCUT2D eigenvalue weighted by molar-refractivity contribution is 0.0946. The molecule has 2 rings (SSSR count). The zero-order valence-electron chi connectivity index (χ0n) is 9.81. The topological polar surface area (TPSA) is 62.7 Å². The summed E-state index contributed by atoms with van der Waals surface area (Å²) in [7, 11) is 1.84. The average molecular weight is 334 g/mol. The number of halogens is 2. The molecule has 18 heavy (non-hydrogen) atoms. The summed E-state index contributed by atoms with van der Waals surface area (Å²) in [5.41, 5.74) is 1.58. The molecule has 0 atom stereocenters. The molecule has 2 aromatic rings. The van der Waals surface area contributed by atoms with Crippen molar-refractivity contribution in [3.8, 4) is 0 Å². The Kier molecular flexibility index (Phi) is 5.43. The van der Waals surface area contributed by atoms with Gasteiger partial charge in [0.1, 0.15) is 5.69 Å². The van der Waals surface area contributed by atoms with E-state index < -0.39 is 0 Å². The highest BCUT2D eigenvalue weighted by molar-refractivity contribution is 9.10. The fourth-order valence-electron chi connectivity index (χ4n) is 1.57. The van der Waals surface area contributed by atoms with Crippen LogP contribution in [0.25, 0.3) is 0 Å². The Labute approximate surface area is 120 Å². The number of aromatic amines is 1. The molecule has 1 amide bonds. The highest BCUT2D eigenvalue weighted by atomic mass is 79.9. The number of nitrogens with zero attached hydrogens (tertiary/aromatic N) is 2. The standard InChI is InChI=1S/C11H13BrN4O.ClH/c1-16-6-8(12)4-10(16)11(17)14-3-2-9-5-13-7-15-9;/h4-7H,2-3H2,1H3,(H,13,15)(H,14,17);1H. The minimum Gasteiger partial charge on any atom is -0.351 e. The van der Waals surface area contributed by atoms with Gasteiger partial charge in [-0.1, -0.05) is 0 Å². The number of aryl methyl sites for hydroxylation is 1. The zero-order valence-corrected chi connectivity index (χ0v) is 12.2. The predicted octanol–water partition coefficient (Wildman–Crippen LogP) is 1.90. The van der Waals surface area contributed by atoms with Gasteiger partial charge in [-0.15, -0.1) is 12.4 Å². The molecule has 0 unspecified atom stereocenters. The normalized spacial score (nSPS) is 9.89. The van der Waals surface area contributed by atoms with E-state index in [4.69, 9.17) is 0 Å². The van der Waals surface area contributed by atoms with Crippen LogP contribution in [0.4, 0.5) is 0 Å². The minimum absolute atomic E-state index is 0. The van der Waals surface area contributed by atoms with Crippen LogP contribution in [0.3, 0.4) is 0 Å². The molecule has 0 saturated carbocycles. The van der Waals surface area contributed by atoms with Crippen LogP contribution in [0, 0.1) is 0 Å². The number of hydrogen-bond donors (Lipinski definition) is 2. The quantitative estimate of drug-likeness (QED) is 0.898. The van der Waals surface area contributed by atoms with Crippen molar-refractivity contribution in [2.75, 3.05) is 6.54 Å². The monoisotopic (exact) mass is 332 g/mol. The molecule has 0 radical (unpaired) electrons. The third-order valence-corrected chi connectivity index (χ3v) is 2.86. The van der Waals surface area contributed by atoms with Crippen LogP contribution < -0.4 is 5.32 Å². The van der Waals surface area contributed by atoms with E-state index in [-0.39, 0.29) is 18.3 Å². The van der Waals surface area contributed by atoms with Crippen LogP contribution in [0.15, 0.2) is 29.3 Å². The van der Waals surface area contributed by atoms with Crippen molar-refractivity contribution in [2.24, 2.45) is 7.05 Å². The van der Waals surface area contributed by atoms with Crippen LogP contribution >= 0.6 is 28.3 Å². The Morgan fingerprint density at radius 1 is 1.61 bits per heavy atom. The molecule has 0 fully saturated rings. The number of aromatic nitrogens is 3. The number of carbonyl (C=O) groups excluding carboxylic acids is 1. The minimum atomic E-state index is -0.0752. The number of nitrogens with one attached hydrogen (secondary N) is 2. The van der Waals surface area contributed by atoms with Gasteiger partial charge in [-0.2, -0.15) is 0 Å². The SMILES string of the molecule is Cl.Cn1cc(Br)cc1C(=O)NCCc1c[nH]cn1. The van der Waals surface area contributed by atoms with E-state index in [1.165, 1.54) is 0 Å². The number of rotatable bonds is 4. The molecule has 5 nitrogen and oxygen atoms in total. The van der Waals surface area contributed by atoms with Gasteiger partial charge >= 0.3 is 0 Å². The summed E-state index contributed by atoms with van der Waals surface area (Å²) >= 11 is 3.34. The van der Waals surface area contributed by atoms with E-state index >= 15 is 0 Å². The van der Waals surface area contributed by atoms with Crippen LogP contribution in [0.5, 0.6) is 0 Å². The second-order valence-corrected chi connectivity index (χ2v) is 4.64. The molecule has 0 aliphatic heterocycles. The molecule has 0 aromatic carbocycles. The van der Waals surface area contributed by atoms with Gasteiger partial charge in [0.15, 0.2) is 0 Å². The highest BCUT2D eigenvalue weighted by Crippen LogP contribution is 2.13. The predicted molar refractivity (Wildman–Crippen MR) is 75.0 cm³/mol. The molecule has 2 N–H and O–H groups in total. The Bertz CT molecular complexity index is 509. The molecular formula is C11H14BrClN4O. The largest absolute Gasteiger partial charge is 0.351 e. The van der Waals surface area contributed by atoms with E-state index in [1.807, 2.05) is 19.4 Å². The maximum atomic E-state index is 11.8. The number of H-pyrrole nitrogens is 1. The summed E-state index contributed by atoms with van der Waals surface area (Å²) in [5.74, 6) is -0.0752. The highest BCUT2D eigenvalue weighted by Gasteiger charge is 2.10. The van der Waals surface area contributed by atoms with E-state index in [9.17, 15) is 4.79 Å². The van der Waals surface area contributed by atoms with Crippen molar-refractivity contribution < 1.29 is 4.79 Å². The third-order valence-electron chi connectivity index (χ3n) is 2.43. The Morgan fingerprint density at radius 2 is 2.39 bits per heavy atom. The molecule has 2 aromatic heterocycles. The smallest absolute Gasteiger partial charge is 0.267 e. The van der Waals surface area contributed by atoms with Crippen LogP contribution in [0.2, 0.25) is 0 Å². The summed E-state index contributed by atoms with van der Waals surface area (Å²) in [6.45, 7) is 0.576. The Balaban J connectivity index is 0.00000162. The summed E-state index contributed by atoms with van der Waals surface area (Å²) in [6, 6.07) is 1.80. The van der Waals surface area contributed by atoms with Gasteiger partial charge in [-0.3, -0.25) is 4.79 Å². The first-order chi connectivity index (χ1) is 8.16. The fourth-order valence-corrected chi connectivity index (χ4v) is 2.10. The van der Waals surface area contributed by atoms with Crippen molar-refractivity contribution in [3.05, 3.63) is 40.6 Å². The van der Waals surface area contributed by atoms with E-state index in [0.717, 1.165) is 16.6 Å². The van der Waals surface area contributed by atoms with Crippen molar-refractivity contribution >= 4 is 34.2 Å². The van der Waals surface area contributed by atoms with E-state index in [2.05, 4.69) is 31.2 Å². The molecular weight excluding hydrogens is 320 g/mol. The van der Waals surface area contributed by atoms with E-state index in [1.54, 1.807) is 17.0 Å². The van der Waals surface area contributed by atoms with E-state index in [0.29, 0.717) is 12.2 Å². The molecule has 2 heterocycles. The average Bonchev–Trinajstić information content (AvgIpc) is 2.88. The van der Waals surface area contributed by atoms with Gasteiger partial charge in [-0.05, 0) is 22.0 Å². The maximum Gasteiger partial charge on any atom is 0.267 e. The second kappa shape index (κ2) is 6.61. The number of amides is 1. The Hall–Kier alpha value is -1.27. The van der Waals surface area contributed by atoms with Gasteiger partial charge < -0.3 is 14.9 Å². The van der Waals surface area contributed by atoms with Crippen LogP contribution in [0.1, 0.15) is 16.2 Å². The molecule has 0 aliphatic carbocycles. The molecule has 0 saturated heterocycles. The summed E-state index contributed by atoms with van der Waals surface area (Å²) in [6.07, 6.45) is 6.03. The second-order valence-electron chi connectivity index (χ2n) is 3.72. The lowest BCUT2D eigenvalue weighted by Gasteiger charge is -2.04. The van der Waals surface area contributed by atoms with Gasteiger partial charge in [0.05, 0.1) is 12.0 Å². The van der Waals surface area contributed by atoms with Crippen molar-refractivity contribution in [2.45, 2.75) is 6.42 Å². The third kappa shape index (κ3) is 3.61. The maximum absolute atomic E-state index is 11.8. The first kappa shape index (κ1) is 14.8. The molecule has 7 heteroatoms. The van der Waals surface area contributed by atoms with Gasteiger partial charge in [0.2, 0.25) is 0 Å². The lowest BCUT2D eigenvalue weighted by atomic mass is 10.3. The molecule has 0 aliphatic rings. The van der Waals surface area contributed by atoms with Crippen molar-refractivity contribution in [1.82, 2.24) is 19.9 Å². The zero-order chi connectivity index (χ0) is 12.3. The fraction of sp³-hybridized carbons (Fsp3) is 0.273. The van der Waals surface area contributed by atoms with Gasteiger partial charge in [-0.25, -0.2) is 4.98 Å². The summed E-state index contributed by atoms with van der Waals surface area (Å²) < 4.78 is 2.69. The van der Waals surface area contributed by atoms with Crippen LogP contribution in [-0.2, 0) is 13.5 Å². The molecule has 98 valence electrons.